The maximum Gasteiger partial charge on any atom is 0.315 e. The average Bonchev–Trinajstić information content (AvgIpc) is 2.14. The maximum atomic E-state index is 11.3. The van der Waals surface area contributed by atoms with Crippen molar-refractivity contribution in [3.05, 3.63) is 0 Å². The summed E-state index contributed by atoms with van der Waals surface area (Å²) in [6, 6.07) is 0.196. The highest BCUT2D eigenvalue weighted by molar-refractivity contribution is 5.74. The third kappa shape index (κ3) is 5.00. The minimum atomic E-state index is -0.784. The van der Waals surface area contributed by atoms with Gasteiger partial charge in [0, 0.05) is 19.0 Å². The second-order valence-corrected chi connectivity index (χ2v) is 4.52. The van der Waals surface area contributed by atoms with Gasteiger partial charge in [-0.2, -0.15) is 0 Å². The van der Waals surface area contributed by atoms with E-state index in [-0.39, 0.29) is 12.5 Å². The molecule has 0 radical (unpaired) electrons. The van der Waals surface area contributed by atoms with E-state index in [1.54, 1.807) is 0 Å². The van der Waals surface area contributed by atoms with E-state index in [4.69, 9.17) is 5.11 Å². The van der Waals surface area contributed by atoms with Gasteiger partial charge >= 0.3 is 12.0 Å². The van der Waals surface area contributed by atoms with Gasteiger partial charge in [0.2, 0.25) is 0 Å². The molecule has 0 unspecified atom stereocenters. The summed E-state index contributed by atoms with van der Waals surface area (Å²) in [7, 11) is 0. The number of carbonyl (C=O) groups excluding carboxylic acids is 1. The molecular weight excluding hydrogens is 208 g/mol. The molecular formula is C11H20N2O3. The third-order valence-electron chi connectivity index (χ3n) is 2.81. The summed E-state index contributed by atoms with van der Waals surface area (Å²) in [6.45, 7) is 2.71. The van der Waals surface area contributed by atoms with Crippen LogP contribution in [0.4, 0.5) is 4.79 Å². The zero-order chi connectivity index (χ0) is 12.0. The van der Waals surface area contributed by atoms with Gasteiger partial charge in [-0.1, -0.05) is 6.92 Å². The Morgan fingerprint density at radius 2 is 2.00 bits per heavy atom. The van der Waals surface area contributed by atoms with Crippen molar-refractivity contribution in [3.63, 3.8) is 0 Å². The first-order valence-electron chi connectivity index (χ1n) is 5.84. The molecule has 3 N–H and O–H groups in total. The van der Waals surface area contributed by atoms with E-state index in [1.165, 1.54) is 0 Å². The number of hydrogen-bond donors (Lipinski definition) is 3. The topological polar surface area (TPSA) is 78.4 Å². The molecule has 5 nitrogen and oxygen atoms in total. The van der Waals surface area contributed by atoms with Gasteiger partial charge in [0.25, 0.3) is 0 Å². The number of amides is 2. The fourth-order valence-corrected chi connectivity index (χ4v) is 1.86. The average molecular weight is 228 g/mol. The second-order valence-electron chi connectivity index (χ2n) is 4.52. The smallest absolute Gasteiger partial charge is 0.315 e. The predicted molar refractivity (Wildman–Crippen MR) is 60.2 cm³/mol. The molecule has 0 aromatic carbocycles. The summed E-state index contributed by atoms with van der Waals surface area (Å²) in [6.07, 6.45) is 3.61. The van der Waals surface area contributed by atoms with Crippen LogP contribution in [0.25, 0.3) is 0 Å². The molecule has 1 aliphatic carbocycles. The Bertz CT molecular complexity index is 250. The monoisotopic (exact) mass is 228 g/mol. The second kappa shape index (κ2) is 6.35. The van der Waals surface area contributed by atoms with Gasteiger partial charge < -0.3 is 15.7 Å². The van der Waals surface area contributed by atoms with Crippen LogP contribution in [0.5, 0.6) is 0 Å². The minimum Gasteiger partial charge on any atom is -0.481 e. The molecule has 92 valence electrons. The van der Waals surface area contributed by atoms with Crippen LogP contribution in [-0.2, 0) is 4.79 Å². The van der Waals surface area contributed by atoms with Gasteiger partial charge in [-0.05, 0) is 31.6 Å². The molecule has 0 spiro atoms. The van der Waals surface area contributed by atoms with Crippen molar-refractivity contribution in [2.75, 3.05) is 6.54 Å². The third-order valence-corrected chi connectivity index (χ3v) is 2.81. The molecule has 0 saturated heterocycles. The minimum absolute atomic E-state index is 0.132. The highest BCUT2D eigenvalue weighted by Crippen LogP contribution is 2.25. The maximum absolute atomic E-state index is 11.3. The van der Waals surface area contributed by atoms with E-state index in [0.29, 0.717) is 25.4 Å². The lowest BCUT2D eigenvalue weighted by molar-refractivity contribution is -0.137. The number of aliphatic carboxylic acids is 1. The number of nitrogens with one attached hydrogen (secondary N) is 2. The largest absolute Gasteiger partial charge is 0.481 e. The zero-order valence-corrected chi connectivity index (χ0v) is 9.66. The number of carboxylic acid groups (broad SMARTS) is 1. The molecule has 16 heavy (non-hydrogen) atoms. The molecule has 5 heteroatoms. The van der Waals surface area contributed by atoms with Crippen molar-refractivity contribution in [2.24, 2.45) is 5.92 Å². The molecule has 0 bridgehead atoms. The molecule has 2 amide bonds. The number of hydrogen-bond acceptors (Lipinski definition) is 2. The quantitative estimate of drug-likeness (QED) is 0.600. The van der Waals surface area contributed by atoms with Gasteiger partial charge in [0.15, 0.2) is 0 Å². The van der Waals surface area contributed by atoms with Crippen molar-refractivity contribution in [1.29, 1.82) is 0 Å². The fourth-order valence-electron chi connectivity index (χ4n) is 1.86. The van der Waals surface area contributed by atoms with Gasteiger partial charge in [0.05, 0.1) is 0 Å². The molecule has 1 rings (SSSR count). The van der Waals surface area contributed by atoms with E-state index in [2.05, 4.69) is 17.6 Å². The molecule has 0 atom stereocenters. The van der Waals surface area contributed by atoms with Gasteiger partial charge in [-0.15, -0.1) is 0 Å². The van der Waals surface area contributed by atoms with Crippen molar-refractivity contribution >= 4 is 12.0 Å². The van der Waals surface area contributed by atoms with Crippen LogP contribution in [0.2, 0.25) is 0 Å². The van der Waals surface area contributed by atoms with Crippen LogP contribution in [0.3, 0.4) is 0 Å². The summed E-state index contributed by atoms with van der Waals surface area (Å²) < 4.78 is 0. The Balaban J connectivity index is 1.92. The van der Waals surface area contributed by atoms with Gasteiger partial charge in [0.1, 0.15) is 0 Å². The van der Waals surface area contributed by atoms with Crippen LogP contribution in [0, 0.1) is 5.92 Å². The van der Waals surface area contributed by atoms with E-state index < -0.39 is 5.97 Å². The molecule has 1 aliphatic rings. The highest BCUT2D eigenvalue weighted by atomic mass is 16.4. The first-order valence-corrected chi connectivity index (χ1v) is 5.84. The van der Waals surface area contributed by atoms with Crippen molar-refractivity contribution in [2.45, 2.75) is 45.1 Å². The SMILES string of the molecule is CC1CC(NC(=O)NCCCCC(=O)O)C1. The van der Waals surface area contributed by atoms with Crippen molar-refractivity contribution < 1.29 is 14.7 Å². The zero-order valence-electron chi connectivity index (χ0n) is 9.66. The highest BCUT2D eigenvalue weighted by Gasteiger charge is 2.26. The molecule has 0 aromatic rings. The fraction of sp³-hybridized carbons (Fsp3) is 0.818. The predicted octanol–water partition coefficient (Wildman–Crippen LogP) is 1.34. The lowest BCUT2D eigenvalue weighted by atomic mass is 9.82. The van der Waals surface area contributed by atoms with Crippen LogP contribution in [0.15, 0.2) is 0 Å². The number of unbranched alkanes of at least 4 members (excludes halogenated alkanes) is 1. The Hall–Kier alpha value is -1.26. The van der Waals surface area contributed by atoms with Crippen LogP contribution in [0.1, 0.15) is 39.0 Å². The molecule has 0 aliphatic heterocycles. The Kier molecular flexibility index (Phi) is 5.08. The van der Waals surface area contributed by atoms with Crippen LogP contribution < -0.4 is 10.6 Å². The van der Waals surface area contributed by atoms with E-state index in [1.807, 2.05) is 0 Å². The Labute approximate surface area is 95.6 Å². The number of urea groups is 1. The van der Waals surface area contributed by atoms with E-state index in [9.17, 15) is 9.59 Å². The standard InChI is InChI=1S/C11H20N2O3/c1-8-6-9(7-8)13-11(16)12-5-3-2-4-10(14)15/h8-9H,2-7H2,1H3,(H,14,15)(H2,12,13,16). The summed E-state index contributed by atoms with van der Waals surface area (Å²) >= 11 is 0. The molecule has 1 saturated carbocycles. The lowest BCUT2D eigenvalue weighted by Gasteiger charge is -2.33. The van der Waals surface area contributed by atoms with Crippen LogP contribution >= 0.6 is 0 Å². The molecule has 0 heterocycles. The van der Waals surface area contributed by atoms with E-state index >= 15 is 0 Å². The summed E-state index contributed by atoms with van der Waals surface area (Å²) in [5.41, 5.74) is 0. The van der Waals surface area contributed by atoms with Crippen molar-refractivity contribution in [1.82, 2.24) is 10.6 Å². The first kappa shape index (κ1) is 12.8. The molecule has 0 aromatic heterocycles. The summed E-state index contributed by atoms with van der Waals surface area (Å²) in [4.78, 5) is 21.5. The number of rotatable bonds is 6. The summed E-state index contributed by atoms with van der Waals surface area (Å²) in [5, 5.41) is 14.0. The summed E-state index contributed by atoms with van der Waals surface area (Å²) in [5.74, 6) is -0.0613. The van der Waals surface area contributed by atoms with Gasteiger partial charge in [-0.3, -0.25) is 4.79 Å². The van der Waals surface area contributed by atoms with E-state index in [0.717, 1.165) is 18.8 Å². The molecule has 1 fully saturated rings. The van der Waals surface area contributed by atoms with Crippen LogP contribution in [-0.4, -0.2) is 29.7 Å². The van der Waals surface area contributed by atoms with Gasteiger partial charge in [-0.25, -0.2) is 4.79 Å². The lowest BCUT2D eigenvalue weighted by Crippen LogP contribution is -2.47. The Morgan fingerprint density at radius 1 is 1.31 bits per heavy atom. The number of carboxylic acids is 1. The Morgan fingerprint density at radius 3 is 2.56 bits per heavy atom. The first-order chi connectivity index (χ1) is 7.58. The normalized spacial score (nSPS) is 23.3. The number of carbonyl (C=O) groups is 2. The van der Waals surface area contributed by atoms with Crippen molar-refractivity contribution in [3.8, 4) is 0 Å².